The van der Waals surface area contributed by atoms with Crippen molar-refractivity contribution < 1.29 is 12.9 Å². The number of hydrogen-bond donors (Lipinski definition) is 1. The molecule has 10 nitrogen and oxygen atoms in total. The number of guanidine groups is 1. The van der Waals surface area contributed by atoms with Gasteiger partial charge in [0, 0.05) is 51.2 Å². The first-order chi connectivity index (χ1) is 14.5. The summed E-state index contributed by atoms with van der Waals surface area (Å²) in [4.78, 5) is 11.0. The number of nitrogens with zero attached hydrogens (tertiary/aromatic N) is 6. The summed E-state index contributed by atoms with van der Waals surface area (Å²) in [5.74, 6) is 0.585. The van der Waals surface area contributed by atoms with Gasteiger partial charge >= 0.3 is 0 Å². The molecule has 1 aliphatic heterocycles. The van der Waals surface area contributed by atoms with Crippen molar-refractivity contribution >= 4 is 45.6 Å². The van der Waals surface area contributed by atoms with Crippen LogP contribution in [0, 0.1) is 6.92 Å². The highest BCUT2D eigenvalue weighted by Crippen LogP contribution is 2.13. The number of aromatic nitrogens is 3. The van der Waals surface area contributed by atoms with E-state index in [9.17, 15) is 8.42 Å². The number of aliphatic imine (C=N–C) groups is 1. The van der Waals surface area contributed by atoms with Crippen molar-refractivity contribution in [2.45, 2.75) is 19.2 Å². The summed E-state index contributed by atoms with van der Waals surface area (Å²) in [5, 5.41) is 7.03. The standard InChI is InChI=1S/C19H25N7O3S.HI/c1-15-4-3-5-18-22-17(13-26(15)18)12-21-19(20-2)24-7-9-25(10-8-24)30(27,28)14-16-6-11-29-23-16;/h3-6,11,13H,7-10,12,14H2,1-2H3,(H,20,21);1H. The lowest BCUT2D eigenvalue weighted by atomic mass is 10.4. The van der Waals surface area contributed by atoms with Crippen LogP contribution in [0.1, 0.15) is 17.1 Å². The molecule has 4 rings (SSSR count). The molecule has 0 aliphatic carbocycles. The highest BCUT2D eigenvalue weighted by Gasteiger charge is 2.29. The number of nitrogens with one attached hydrogen (secondary N) is 1. The first kappa shape index (κ1) is 23.5. The largest absolute Gasteiger partial charge is 0.364 e. The maximum absolute atomic E-state index is 12.6. The van der Waals surface area contributed by atoms with Gasteiger partial charge < -0.3 is 19.1 Å². The van der Waals surface area contributed by atoms with Gasteiger partial charge in [-0.2, -0.15) is 4.31 Å². The van der Waals surface area contributed by atoms with E-state index in [4.69, 9.17) is 4.52 Å². The summed E-state index contributed by atoms with van der Waals surface area (Å²) in [6, 6.07) is 7.58. The Morgan fingerprint density at radius 3 is 2.61 bits per heavy atom. The predicted octanol–water partition coefficient (Wildman–Crippen LogP) is 1.47. The Kier molecular flexibility index (Phi) is 7.54. The highest BCUT2D eigenvalue weighted by atomic mass is 127. The third-order valence-electron chi connectivity index (χ3n) is 5.14. The second kappa shape index (κ2) is 9.96. The lowest BCUT2D eigenvalue weighted by Crippen LogP contribution is -2.53. The van der Waals surface area contributed by atoms with Gasteiger partial charge in [-0.25, -0.2) is 13.4 Å². The Bertz CT molecular complexity index is 1140. The molecule has 0 aromatic carbocycles. The first-order valence-corrected chi connectivity index (χ1v) is 11.3. The Balaban J connectivity index is 0.00000272. The van der Waals surface area contributed by atoms with E-state index < -0.39 is 10.0 Å². The maximum atomic E-state index is 12.6. The van der Waals surface area contributed by atoms with Crippen molar-refractivity contribution in [3.63, 3.8) is 0 Å². The van der Waals surface area contributed by atoms with Gasteiger partial charge in [-0.1, -0.05) is 11.2 Å². The minimum Gasteiger partial charge on any atom is -0.364 e. The zero-order chi connectivity index (χ0) is 21.1. The van der Waals surface area contributed by atoms with Crippen LogP contribution < -0.4 is 5.32 Å². The van der Waals surface area contributed by atoms with Crippen LogP contribution in [0.3, 0.4) is 0 Å². The topological polar surface area (TPSA) is 108 Å². The molecule has 0 atom stereocenters. The number of hydrogen-bond acceptors (Lipinski definition) is 6. The molecule has 3 aromatic heterocycles. The molecule has 0 amide bonds. The number of imidazole rings is 1. The highest BCUT2D eigenvalue weighted by molar-refractivity contribution is 14.0. The molecule has 168 valence electrons. The molecule has 4 heterocycles. The van der Waals surface area contributed by atoms with E-state index in [0.717, 1.165) is 23.0 Å². The van der Waals surface area contributed by atoms with Crippen LogP contribution in [-0.4, -0.2) is 71.4 Å². The van der Waals surface area contributed by atoms with Crippen LogP contribution in [-0.2, 0) is 22.3 Å². The van der Waals surface area contributed by atoms with Gasteiger partial charge in [0.1, 0.15) is 17.7 Å². The minimum absolute atomic E-state index is 0. The van der Waals surface area contributed by atoms with Crippen LogP contribution in [0.5, 0.6) is 0 Å². The summed E-state index contributed by atoms with van der Waals surface area (Å²) in [7, 11) is -1.70. The van der Waals surface area contributed by atoms with Gasteiger partial charge in [0.05, 0.1) is 17.9 Å². The van der Waals surface area contributed by atoms with E-state index >= 15 is 0 Å². The van der Waals surface area contributed by atoms with Gasteiger partial charge in [0.25, 0.3) is 0 Å². The Morgan fingerprint density at radius 2 is 1.97 bits per heavy atom. The van der Waals surface area contributed by atoms with E-state index in [1.807, 2.05) is 31.3 Å². The van der Waals surface area contributed by atoms with Crippen LogP contribution in [0.25, 0.3) is 5.65 Å². The fraction of sp³-hybridized carbons (Fsp3) is 0.421. The summed E-state index contributed by atoms with van der Waals surface area (Å²) in [6.45, 7) is 4.49. The molecule has 1 aliphatic rings. The van der Waals surface area contributed by atoms with Crippen LogP contribution in [0.2, 0.25) is 0 Å². The van der Waals surface area contributed by atoms with Crippen LogP contribution in [0.15, 0.2) is 46.2 Å². The van der Waals surface area contributed by atoms with Crippen LogP contribution >= 0.6 is 24.0 Å². The van der Waals surface area contributed by atoms with E-state index in [0.29, 0.717) is 38.4 Å². The van der Waals surface area contributed by atoms with E-state index in [1.54, 1.807) is 13.1 Å². The number of fused-ring (bicyclic) bond motifs is 1. The Hall–Kier alpha value is -2.19. The van der Waals surface area contributed by atoms with E-state index in [-0.39, 0.29) is 29.7 Å². The molecule has 1 saturated heterocycles. The number of piperazine rings is 1. The lowest BCUT2D eigenvalue weighted by Gasteiger charge is -2.35. The normalized spacial score (nSPS) is 15.8. The van der Waals surface area contributed by atoms with E-state index in [2.05, 4.69) is 29.8 Å². The predicted molar refractivity (Wildman–Crippen MR) is 128 cm³/mol. The zero-order valence-corrected chi connectivity index (χ0v) is 20.6. The Morgan fingerprint density at radius 1 is 1.19 bits per heavy atom. The van der Waals surface area contributed by atoms with Gasteiger partial charge in [-0.05, 0) is 19.1 Å². The van der Waals surface area contributed by atoms with Crippen molar-refractivity contribution in [2.75, 3.05) is 33.2 Å². The molecule has 0 unspecified atom stereocenters. The number of halogens is 1. The summed E-state index contributed by atoms with van der Waals surface area (Å²) < 4.78 is 33.5. The van der Waals surface area contributed by atoms with Crippen molar-refractivity contribution in [3.8, 4) is 0 Å². The smallest absolute Gasteiger partial charge is 0.220 e. The summed E-state index contributed by atoms with van der Waals surface area (Å²) >= 11 is 0. The molecule has 0 saturated carbocycles. The molecule has 0 bridgehead atoms. The molecular formula is C19H26IN7O3S. The molecular weight excluding hydrogens is 533 g/mol. The number of rotatable bonds is 5. The number of sulfonamides is 1. The fourth-order valence-electron chi connectivity index (χ4n) is 3.55. The molecule has 0 radical (unpaired) electrons. The third kappa shape index (κ3) is 5.36. The zero-order valence-electron chi connectivity index (χ0n) is 17.4. The molecule has 31 heavy (non-hydrogen) atoms. The molecule has 1 N–H and O–H groups in total. The van der Waals surface area contributed by atoms with Crippen molar-refractivity contribution in [2.24, 2.45) is 4.99 Å². The number of aryl methyl sites for hydroxylation is 1. The molecule has 3 aromatic rings. The summed E-state index contributed by atoms with van der Waals surface area (Å²) in [6.07, 6.45) is 3.39. The average molecular weight is 559 g/mol. The van der Waals surface area contributed by atoms with Gasteiger partial charge in [0.15, 0.2) is 5.96 Å². The van der Waals surface area contributed by atoms with Crippen molar-refractivity contribution in [1.82, 2.24) is 29.1 Å². The lowest BCUT2D eigenvalue weighted by molar-refractivity contribution is 0.259. The van der Waals surface area contributed by atoms with E-state index in [1.165, 1.54) is 10.6 Å². The number of pyridine rings is 1. The van der Waals surface area contributed by atoms with Gasteiger partial charge in [-0.15, -0.1) is 24.0 Å². The van der Waals surface area contributed by atoms with Crippen molar-refractivity contribution in [1.29, 1.82) is 0 Å². The summed E-state index contributed by atoms with van der Waals surface area (Å²) in [5.41, 5.74) is 3.36. The minimum atomic E-state index is -3.43. The SMILES string of the molecule is CN=C(NCc1cn2c(C)cccc2n1)N1CCN(S(=O)(=O)Cc2ccon2)CC1.I. The second-order valence-electron chi connectivity index (χ2n) is 7.16. The average Bonchev–Trinajstić information content (AvgIpc) is 3.39. The molecule has 12 heteroatoms. The fourth-order valence-corrected chi connectivity index (χ4v) is 4.98. The van der Waals surface area contributed by atoms with Gasteiger partial charge in [0.2, 0.25) is 10.0 Å². The Labute approximate surface area is 198 Å². The monoisotopic (exact) mass is 559 g/mol. The van der Waals surface area contributed by atoms with Crippen LogP contribution in [0.4, 0.5) is 0 Å². The van der Waals surface area contributed by atoms with Gasteiger partial charge in [-0.3, -0.25) is 4.99 Å². The van der Waals surface area contributed by atoms with Crippen molar-refractivity contribution in [3.05, 3.63) is 53.8 Å². The quantitative estimate of drug-likeness (QED) is 0.287. The first-order valence-electron chi connectivity index (χ1n) is 9.72. The molecule has 0 spiro atoms. The second-order valence-corrected chi connectivity index (χ2v) is 9.13. The maximum Gasteiger partial charge on any atom is 0.220 e. The molecule has 1 fully saturated rings. The third-order valence-corrected chi connectivity index (χ3v) is 6.95.